The number of nitrogens with two attached hydrogens (primary N) is 1. The van der Waals surface area contributed by atoms with Gasteiger partial charge in [0, 0.05) is 6.54 Å². The second-order valence-corrected chi connectivity index (χ2v) is 13.7. The zero-order valence-corrected chi connectivity index (χ0v) is 30.8. The van der Waals surface area contributed by atoms with Crippen molar-refractivity contribution in [1.82, 2.24) is 36.6 Å². The standard InChI is InChI=1S/C37H49FN8O8/c1-19(2)16-26(32(49)42-25(17-22-12-8-6-9-13-22)30(47)36(53)41-21(5)23-14-10-7-11-15-23)43-35(52)28(20(3)4)44-31(48)24(39)18-40-34(51)29-27(38)33(50)46-37(54)45-29/h6-15,19-21,24-26,28,30,47H,16-18,39H2,1-5H3,(H,40,51)(H,41,53)(H,42,49)(H,43,52)(H,44,48)(H2,45,46,50,54)/t21-,24+,25+,26+,28+,30-/m1/s1. The maximum Gasteiger partial charge on any atom is 0.326 e. The van der Waals surface area contributed by atoms with E-state index in [0.29, 0.717) is 0 Å². The normalized spacial score (nSPS) is 14.6. The van der Waals surface area contributed by atoms with Crippen molar-refractivity contribution in [3.05, 3.63) is 104 Å². The molecular weight excluding hydrogens is 703 g/mol. The van der Waals surface area contributed by atoms with Gasteiger partial charge < -0.3 is 42.4 Å². The summed E-state index contributed by atoms with van der Waals surface area (Å²) in [5, 5.41) is 24.2. The molecule has 6 atom stereocenters. The SMILES string of the molecule is CC(C)C[C@H](NC(=O)[C@@H](NC(=O)[C@@H](N)CNC(=O)c1[nH]c(=O)[nH]c(=O)c1F)C(C)C)C(=O)N[C@@H](Cc1ccccc1)[C@@H](O)C(=O)N[C@H](C)c1ccccc1. The number of carbonyl (C=O) groups is 5. The molecule has 17 heteroatoms. The van der Waals surface area contributed by atoms with Crippen LogP contribution < -0.4 is 43.6 Å². The topological polar surface area (TPSA) is 257 Å². The first-order valence-electron chi connectivity index (χ1n) is 17.5. The van der Waals surface area contributed by atoms with Gasteiger partial charge in [0.05, 0.1) is 12.1 Å². The average molecular weight is 753 g/mol. The van der Waals surface area contributed by atoms with Crippen LogP contribution in [0.5, 0.6) is 0 Å². The molecule has 0 spiro atoms. The molecule has 0 aliphatic carbocycles. The van der Waals surface area contributed by atoms with Gasteiger partial charge in [0.25, 0.3) is 17.4 Å². The number of carbonyl (C=O) groups excluding carboxylic acids is 5. The Morgan fingerprint density at radius 3 is 1.98 bits per heavy atom. The highest BCUT2D eigenvalue weighted by Crippen LogP contribution is 2.14. The summed E-state index contributed by atoms with van der Waals surface area (Å²) in [6.07, 6.45) is -1.42. The van der Waals surface area contributed by atoms with Crippen molar-refractivity contribution in [2.75, 3.05) is 6.54 Å². The third-order valence-corrected chi connectivity index (χ3v) is 8.45. The Morgan fingerprint density at radius 1 is 0.778 bits per heavy atom. The molecule has 3 rings (SSSR count). The van der Waals surface area contributed by atoms with Crippen LogP contribution in [-0.2, 0) is 25.6 Å². The molecule has 16 nitrogen and oxygen atoms in total. The summed E-state index contributed by atoms with van der Waals surface area (Å²) in [5.41, 5.74) is 3.99. The lowest BCUT2D eigenvalue weighted by atomic mass is 9.97. The van der Waals surface area contributed by atoms with E-state index in [0.717, 1.165) is 11.1 Å². The highest BCUT2D eigenvalue weighted by Gasteiger charge is 2.34. The van der Waals surface area contributed by atoms with Gasteiger partial charge in [0.2, 0.25) is 23.5 Å². The smallest absolute Gasteiger partial charge is 0.326 e. The van der Waals surface area contributed by atoms with Crippen LogP contribution in [0.15, 0.2) is 70.3 Å². The van der Waals surface area contributed by atoms with E-state index in [2.05, 4.69) is 26.6 Å². The molecule has 3 aromatic rings. The maximum absolute atomic E-state index is 14.1. The van der Waals surface area contributed by atoms with Gasteiger partial charge in [-0.3, -0.25) is 33.8 Å². The van der Waals surface area contributed by atoms with Crippen molar-refractivity contribution < 1.29 is 33.5 Å². The minimum Gasteiger partial charge on any atom is -0.381 e. The first-order chi connectivity index (χ1) is 25.5. The van der Waals surface area contributed by atoms with Crippen molar-refractivity contribution >= 4 is 29.5 Å². The fourth-order valence-electron chi connectivity index (χ4n) is 5.47. The highest BCUT2D eigenvalue weighted by atomic mass is 19.1. The van der Waals surface area contributed by atoms with Crippen LogP contribution in [0.25, 0.3) is 0 Å². The van der Waals surface area contributed by atoms with E-state index in [9.17, 15) is 43.1 Å². The van der Waals surface area contributed by atoms with Gasteiger partial charge in [-0.1, -0.05) is 88.4 Å². The van der Waals surface area contributed by atoms with E-state index in [1.165, 1.54) is 0 Å². The van der Waals surface area contributed by atoms with Crippen LogP contribution in [0.2, 0.25) is 0 Å². The third kappa shape index (κ3) is 12.5. The van der Waals surface area contributed by atoms with Gasteiger partial charge in [-0.15, -0.1) is 0 Å². The van der Waals surface area contributed by atoms with E-state index in [4.69, 9.17) is 5.73 Å². The van der Waals surface area contributed by atoms with Gasteiger partial charge in [-0.05, 0) is 42.7 Å². The van der Waals surface area contributed by atoms with Crippen molar-refractivity contribution in [2.24, 2.45) is 17.6 Å². The molecule has 1 heterocycles. The number of hydrogen-bond donors (Lipinski definition) is 9. The van der Waals surface area contributed by atoms with Gasteiger partial charge in [-0.2, -0.15) is 4.39 Å². The van der Waals surface area contributed by atoms with Crippen molar-refractivity contribution in [3.63, 3.8) is 0 Å². The highest BCUT2D eigenvalue weighted by molar-refractivity contribution is 5.95. The Kier molecular flexibility index (Phi) is 15.8. The number of nitrogens with one attached hydrogen (secondary N) is 7. The van der Waals surface area contributed by atoms with E-state index in [-0.39, 0.29) is 18.8 Å². The molecule has 292 valence electrons. The van der Waals surface area contributed by atoms with Gasteiger partial charge in [0.15, 0.2) is 6.10 Å². The Labute approximate surface area is 311 Å². The molecule has 1 aromatic heterocycles. The fourth-order valence-corrected chi connectivity index (χ4v) is 5.47. The molecule has 10 N–H and O–H groups in total. The van der Waals surface area contributed by atoms with Gasteiger partial charge in [-0.25, -0.2) is 4.79 Å². The second-order valence-electron chi connectivity index (χ2n) is 13.7. The van der Waals surface area contributed by atoms with E-state index in [1.54, 1.807) is 56.1 Å². The quantitative estimate of drug-likeness (QED) is 0.0840. The van der Waals surface area contributed by atoms with Crippen LogP contribution in [0.3, 0.4) is 0 Å². The second kappa shape index (κ2) is 20.0. The van der Waals surface area contributed by atoms with Crippen LogP contribution in [0.1, 0.15) is 68.7 Å². The summed E-state index contributed by atoms with van der Waals surface area (Å²) < 4.78 is 14.1. The number of aromatic amines is 2. The average Bonchev–Trinajstić information content (AvgIpc) is 3.13. The summed E-state index contributed by atoms with van der Waals surface area (Å²) in [6, 6.07) is 12.8. The van der Waals surface area contributed by atoms with E-state index < -0.39 is 101 Å². The van der Waals surface area contributed by atoms with Crippen molar-refractivity contribution in [2.45, 2.75) is 83.8 Å². The zero-order valence-electron chi connectivity index (χ0n) is 30.8. The Balaban J connectivity index is 1.73. The summed E-state index contributed by atoms with van der Waals surface area (Å²) in [4.78, 5) is 92.6. The molecule has 0 aliphatic heterocycles. The number of benzene rings is 2. The number of aliphatic hydroxyl groups is 1. The van der Waals surface area contributed by atoms with Gasteiger partial charge >= 0.3 is 5.69 Å². The first kappa shape index (κ1) is 42.7. The molecule has 0 radical (unpaired) electrons. The number of halogens is 1. The molecule has 54 heavy (non-hydrogen) atoms. The van der Waals surface area contributed by atoms with Crippen molar-refractivity contribution in [1.29, 1.82) is 0 Å². The van der Waals surface area contributed by atoms with Gasteiger partial charge in [0.1, 0.15) is 23.8 Å². The van der Waals surface area contributed by atoms with E-state index in [1.807, 2.05) is 49.2 Å². The Bertz CT molecular complexity index is 1870. The number of H-pyrrole nitrogens is 2. The lowest BCUT2D eigenvalue weighted by Crippen LogP contribution is -2.60. The lowest BCUT2D eigenvalue weighted by molar-refractivity contribution is -0.135. The van der Waals surface area contributed by atoms with Crippen LogP contribution in [0, 0.1) is 17.7 Å². The molecule has 0 bridgehead atoms. The van der Waals surface area contributed by atoms with Crippen LogP contribution in [0.4, 0.5) is 4.39 Å². The molecule has 0 fully saturated rings. The number of hydrogen-bond acceptors (Lipinski definition) is 9. The van der Waals surface area contributed by atoms with Crippen LogP contribution in [-0.4, -0.2) is 81.4 Å². The zero-order chi connectivity index (χ0) is 40.1. The maximum atomic E-state index is 14.1. The minimum absolute atomic E-state index is 0.0891. The number of aromatic nitrogens is 2. The Hall–Kier alpha value is -5.68. The molecule has 0 saturated carbocycles. The molecule has 0 aliphatic rings. The molecule has 5 amide bonds. The first-order valence-corrected chi connectivity index (χ1v) is 17.5. The molecule has 2 aromatic carbocycles. The Morgan fingerprint density at radius 2 is 1.39 bits per heavy atom. The van der Waals surface area contributed by atoms with E-state index >= 15 is 0 Å². The predicted octanol–water partition coefficient (Wildman–Crippen LogP) is -0.103. The lowest BCUT2D eigenvalue weighted by Gasteiger charge is -2.30. The summed E-state index contributed by atoms with van der Waals surface area (Å²) in [7, 11) is 0. The molecule has 0 saturated heterocycles. The largest absolute Gasteiger partial charge is 0.381 e. The molecule has 0 unspecified atom stereocenters. The molecular formula is C37H49FN8O8. The number of aliphatic hydroxyl groups excluding tert-OH is 1. The number of rotatable bonds is 18. The minimum atomic E-state index is -1.67. The summed E-state index contributed by atoms with van der Waals surface area (Å²) >= 11 is 0. The number of amides is 5. The summed E-state index contributed by atoms with van der Waals surface area (Å²) in [5.74, 6) is -6.35. The van der Waals surface area contributed by atoms with Crippen LogP contribution >= 0.6 is 0 Å². The predicted molar refractivity (Wildman–Crippen MR) is 197 cm³/mol. The fraction of sp³-hybridized carbons (Fsp3) is 0.432. The monoisotopic (exact) mass is 752 g/mol. The van der Waals surface area contributed by atoms with Crippen molar-refractivity contribution in [3.8, 4) is 0 Å². The third-order valence-electron chi connectivity index (χ3n) is 8.45. The summed E-state index contributed by atoms with van der Waals surface area (Å²) in [6.45, 7) is 8.16.